The van der Waals surface area contributed by atoms with Crippen molar-refractivity contribution in [2.45, 2.75) is 13.0 Å². The van der Waals surface area contributed by atoms with Crippen LogP contribution in [0.3, 0.4) is 0 Å². The smallest absolute Gasteiger partial charge is 0.338 e. The number of halogens is 1. The Balaban J connectivity index is 1.56. The van der Waals surface area contributed by atoms with Gasteiger partial charge in [0.25, 0.3) is 0 Å². The number of hydrogen-bond acceptors (Lipinski definition) is 6. The minimum atomic E-state index is -0.715. The maximum absolute atomic E-state index is 13.4. The molecule has 0 bridgehead atoms. The molecule has 8 nitrogen and oxygen atoms in total. The monoisotopic (exact) mass is 439 g/mol. The fourth-order valence-corrected chi connectivity index (χ4v) is 4.00. The first-order valence-electron chi connectivity index (χ1n) is 10.7. The SMILES string of the molecule is CCOC(=O)C1=C(CN2CCN(c3ccccn3)CC2)NC(=O)N[C@H]1c1ccc(F)cc1. The number of aromatic nitrogens is 1. The Morgan fingerprint density at radius 1 is 1.16 bits per heavy atom. The lowest BCUT2D eigenvalue weighted by atomic mass is 9.95. The Bertz CT molecular complexity index is 988. The van der Waals surface area contributed by atoms with Crippen LogP contribution in [0.15, 0.2) is 59.9 Å². The first kappa shape index (κ1) is 21.8. The normalized spacial score (nSPS) is 19.4. The van der Waals surface area contributed by atoms with Gasteiger partial charge in [-0.1, -0.05) is 18.2 Å². The third-order valence-corrected chi connectivity index (χ3v) is 5.58. The van der Waals surface area contributed by atoms with Gasteiger partial charge in [0, 0.05) is 44.6 Å². The molecule has 0 spiro atoms. The van der Waals surface area contributed by atoms with Gasteiger partial charge in [0.05, 0.1) is 18.2 Å². The Morgan fingerprint density at radius 2 is 1.91 bits per heavy atom. The van der Waals surface area contributed by atoms with Gasteiger partial charge in [0.1, 0.15) is 11.6 Å². The second kappa shape index (κ2) is 9.78. The number of anilines is 1. The zero-order valence-corrected chi connectivity index (χ0v) is 17.9. The summed E-state index contributed by atoms with van der Waals surface area (Å²) in [4.78, 5) is 34.1. The first-order chi connectivity index (χ1) is 15.5. The topological polar surface area (TPSA) is 86.8 Å². The maximum Gasteiger partial charge on any atom is 0.338 e. The molecule has 1 aromatic heterocycles. The average Bonchev–Trinajstić information content (AvgIpc) is 2.80. The lowest BCUT2D eigenvalue weighted by Gasteiger charge is -2.37. The summed E-state index contributed by atoms with van der Waals surface area (Å²) < 4.78 is 18.7. The van der Waals surface area contributed by atoms with Gasteiger partial charge in [0.15, 0.2) is 0 Å². The van der Waals surface area contributed by atoms with Crippen molar-refractivity contribution in [3.8, 4) is 0 Å². The van der Waals surface area contributed by atoms with E-state index in [4.69, 9.17) is 4.74 Å². The minimum absolute atomic E-state index is 0.211. The zero-order valence-electron chi connectivity index (χ0n) is 17.9. The van der Waals surface area contributed by atoms with Crippen molar-refractivity contribution in [1.29, 1.82) is 0 Å². The number of ether oxygens (including phenoxy) is 1. The second-order valence-electron chi connectivity index (χ2n) is 7.65. The summed E-state index contributed by atoms with van der Waals surface area (Å²) in [6.45, 7) is 5.41. The van der Waals surface area contributed by atoms with Crippen molar-refractivity contribution in [3.63, 3.8) is 0 Å². The highest BCUT2D eigenvalue weighted by Gasteiger charge is 2.34. The van der Waals surface area contributed by atoms with Crippen molar-refractivity contribution in [1.82, 2.24) is 20.5 Å². The van der Waals surface area contributed by atoms with Crippen LogP contribution in [-0.2, 0) is 9.53 Å². The zero-order chi connectivity index (χ0) is 22.5. The Hall–Kier alpha value is -3.46. The molecule has 0 aliphatic carbocycles. The summed E-state index contributed by atoms with van der Waals surface area (Å²) in [6.07, 6.45) is 1.78. The number of carbonyl (C=O) groups is 2. The van der Waals surface area contributed by atoms with Crippen molar-refractivity contribution < 1.29 is 18.7 Å². The molecule has 4 rings (SSSR count). The van der Waals surface area contributed by atoms with Crippen molar-refractivity contribution in [3.05, 3.63) is 71.3 Å². The number of nitrogens with one attached hydrogen (secondary N) is 2. The third kappa shape index (κ3) is 4.88. The number of urea groups is 1. The quantitative estimate of drug-likeness (QED) is 0.672. The number of carbonyl (C=O) groups excluding carboxylic acids is 2. The van der Waals surface area contributed by atoms with Crippen LogP contribution in [0.4, 0.5) is 15.0 Å². The third-order valence-electron chi connectivity index (χ3n) is 5.58. The van der Waals surface area contributed by atoms with Crippen LogP contribution in [0.2, 0.25) is 0 Å². The summed E-state index contributed by atoms with van der Waals surface area (Å²) >= 11 is 0. The fraction of sp³-hybridized carbons (Fsp3) is 0.348. The van der Waals surface area contributed by atoms with E-state index in [1.807, 2.05) is 18.2 Å². The van der Waals surface area contributed by atoms with Gasteiger partial charge in [-0.25, -0.2) is 19.0 Å². The molecule has 9 heteroatoms. The molecule has 2 amide bonds. The molecule has 2 aliphatic heterocycles. The van der Waals surface area contributed by atoms with E-state index in [0.29, 0.717) is 23.4 Å². The molecule has 32 heavy (non-hydrogen) atoms. The highest BCUT2D eigenvalue weighted by Crippen LogP contribution is 2.28. The fourth-order valence-electron chi connectivity index (χ4n) is 4.00. The van der Waals surface area contributed by atoms with E-state index >= 15 is 0 Å². The van der Waals surface area contributed by atoms with Gasteiger partial charge in [-0.05, 0) is 36.8 Å². The molecule has 1 aromatic carbocycles. The predicted octanol–water partition coefficient (Wildman–Crippen LogP) is 2.21. The Morgan fingerprint density at radius 3 is 2.56 bits per heavy atom. The molecular weight excluding hydrogens is 413 g/mol. The molecule has 0 saturated carbocycles. The van der Waals surface area contributed by atoms with E-state index in [2.05, 4.69) is 25.4 Å². The summed E-state index contributed by atoms with van der Waals surface area (Å²) in [7, 11) is 0. The number of benzene rings is 1. The van der Waals surface area contributed by atoms with Gasteiger partial charge in [-0.3, -0.25) is 4.90 Å². The predicted molar refractivity (Wildman–Crippen MR) is 117 cm³/mol. The molecule has 2 N–H and O–H groups in total. The van der Waals surface area contributed by atoms with E-state index in [-0.39, 0.29) is 12.4 Å². The van der Waals surface area contributed by atoms with Crippen LogP contribution in [-0.4, -0.2) is 61.2 Å². The van der Waals surface area contributed by atoms with E-state index in [0.717, 1.165) is 32.0 Å². The first-order valence-corrected chi connectivity index (χ1v) is 10.7. The highest BCUT2D eigenvalue weighted by atomic mass is 19.1. The lowest BCUT2D eigenvalue weighted by Crippen LogP contribution is -2.52. The van der Waals surface area contributed by atoms with Crippen molar-refractivity contribution in [2.24, 2.45) is 0 Å². The molecule has 3 heterocycles. The van der Waals surface area contributed by atoms with Crippen molar-refractivity contribution in [2.75, 3.05) is 44.2 Å². The average molecular weight is 439 g/mol. The summed E-state index contributed by atoms with van der Waals surface area (Å²) in [5.74, 6) is 0.0447. The molecule has 2 aliphatic rings. The largest absolute Gasteiger partial charge is 0.463 e. The maximum atomic E-state index is 13.4. The number of nitrogens with zero attached hydrogens (tertiary/aromatic N) is 3. The van der Waals surface area contributed by atoms with E-state index in [1.165, 1.54) is 12.1 Å². The van der Waals surface area contributed by atoms with E-state index < -0.39 is 18.0 Å². The number of piperazine rings is 1. The summed E-state index contributed by atoms with van der Waals surface area (Å²) in [6, 6.07) is 10.5. The lowest BCUT2D eigenvalue weighted by molar-refractivity contribution is -0.139. The van der Waals surface area contributed by atoms with E-state index in [9.17, 15) is 14.0 Å². The minimum Gasteiger partial charge on any atom is -0.463 e. The molecule has 0 radical (unpaired) electrons. The Kier molecular flexibility index (Phi) is 6.65. The standard InChI is InChI=1S/C23H26FN5O3/c1-2-32-22(30)20-18(26-23(31)27-21(20)16-6-8-17(24)9-7-16)15-28-11-13-29(14-12-28)19-5-3-4-10-25-19/h3-10,21H,2,11-15H2,1H3,(H2,26,27,31)/t21-/m0/s1. The number of pyridine rings is 1. The van der Waals surface area contributed by atoms with E-state index in [1.54, 1.807) is 25.3 Å². The number of rotatable bonds is 6. The van der Waals surface area contributed by atoms with Gasteiger partial charge < -0.3 is 20.3 Å². The van der Waals surface area contributed by atoms with Gasteiger partial charge >= 0.3 is 12.0 Å². The molecule has 168 valence electrons. The molecule has 1 saturated heterocycles. The molecular formula is C23H26FN5O3. The van der Waals surface area contributed by atoms with Crippen LogP contribution in [0, 0.1) is 5.82 Å². The molecule has 0 unspecified atom stereocenters. The number of esters is 1. The Labute approximate surface area is 186 Å². The van der Waals surface area contributed by atoms with Crippen LogP contribution >= 0.6 is 0 Å². The van der Waals surface area contributed by atoms with Crippen LogP contribution < -0.4 is 15.5 Å². The van der Waals surface area contributed by atoms with Crippen molar-refractivity contribution >= 4 is 17.8 Å². The van der Waals surface area contributed by atoms with Crippen LogP contribution in [0.5, 0.6) is 0 Å². The van der Waals surface area contributed by atoms with Gasteiger partial charge in [-0.2, -0.15) is 0 Å². The summed E-state index contributed by atoms with van der Waals surface area (Å²) in [5, 5.41) is 5.57. The van der Waals surface area contributed by atoms with Crippen LogP contribution in [0.25, 0.3) is 0 Å². The van der Waals surface area contributed by atoms with Gasteiger partial charge in [-0.15, -0.1) is 0 Å². The molecule has 1 atom stereocenters. The van der Waals surface area contributed by atoms with Gasteiger partial charge in [0.2, 0.25) is 0 Å². The number of amides is 2. The second-order valence-corrected chi connectivity index (χ2v) is 7.65. The molecule has 2 aromatic rings. The molecule has 1 fully saturated rings. The highest BCUT2D eigenvalue weighted by molar-refractivity contribution is 5.95. The number of hydrogen-bond donors (Lipinski definition) is 2. The van der Waals surface area contributed by atoms with Crippen LogP contribution in [0.1, 0.15) is 18.5 Å². The summed E-state index contributed by atoms with van der Waals surface area (Å²) in [5.41, 5.74) is 1.46.